The fourth-order valence-electron chi connectivity index (χ4n) is 2.45. The van der Waals surface area contributed by atoms with E-state index in [4.69, 9.17) is 4.74 Å². The van der Waals surface area contributed by atoms with E-state index >= 15 is 0 Å². The van der Waals surface area contributed by atoms with E-state index in [-0.39, 0.29) is 5.91 Å². The van der Waals surface area contributed by atoms with Crippen molar-refractivity contribution < 1.29 is 13.9 Å². The maximum atomic E-state index is 12.9. The molecule has 3 aromatic rings. The Labute approximate surface area is 156 Å². The summed E-state index contributed by atoms with van der Waals surface area (Å²) in [6.45, 7) is 0.684. The second kappa shape index (κ2) is 8.75. The molecule has 0 saturated heterocycles. The number of halogens is 1. The molecule has 27 heavy (non-hydrogen) atoms. The molecule has 0 aliphatic rings. The van der Waals surface area contributed by atoms with Gasteiger partial charge < -0.3 is 15.4 Å². The quantitative estimate of drug-likeness (QED) is 0.669. The van der Waals surface area contributed by atoms with Crippen LogP contribution in [0, 0.1) is 5.82 Å². The minimum Gasteiger partial charge on any atom is -0.497 e. The Balaban J connectivity index is 1.51. The fourth-order valence-corrected chi connectivity index (χ4v) is 2.45. The number of carbonyl (C=O) groups is 1. The van der Waals surface area contributed by atoms with Gasteiger partial charge in [-0.1, -0.05) is 12.1 Å². The Hall–Kier alpha value is -3.48. The lowest BCUT2D eigenvalue weighted by molar-refractivity contribution is 0.102. The van der Waals surface area contributed by atoms with Gasteiger partial charge in [-0.15, -0.1) is 10.2 Å². The third-order valence-electron chi connectivity index (χ3n) is 3.87. The maximum absolute atomic E-state index is 12.9. The van der Waals surface area contributed by atoms with E-state index in [2.05, 4.69) is 20.8 Å². The summed E-state index contributed by atoms with van der Waals surface area (Å²) >= 11 is 0. The molecule has 0 radical (unpaired) electrons. The first-order valence-corrected chi connectivity index (χ1v) is 8.41. The Morgan fingerprint density at radius 1 is 1.04 bits per heavy atom. The molecule has 2 aromatic carbocycles. The van der Waals surface area contributed by atoms with E-state index in [0.29, 0.717) is 23.7 Å². The molecule has 0 spiro atoms. The standard InChI is InChI=1S/C20H19FN4O2/c1-27-17-4-2-3-14(13-17)11-12-22-18-9-10-19(25-24-18)23-20(26)15-5-7-16(21)8-6-15/h2-10,13H,11-12H2,1H3,(H,22,24)(H,23,25,26). The molecular weight excluding hydrogens is 347 g/mol. The molecule has 1 aromatic heterocycles. The molecule has 0 aliphatic carbocycles. The number of amides is 1. The molecule has 6 nitrogen and oxygen atoms in total. The smallest absolute Gasteiger partial charge is 0.256 e. The van der Waals surface area contributed by atoms with Gasteiger partial charge in [0.25, 0.3) is 5.91 Å². The lowest BCUT2D eigenvalue weighted by Crippen LogP contribution is -2.14. The topological polar surface area (TPSA) is 76.1 Å². The number of hydrogen-bond donors (Lipinski definition) is 2. The molecule has 0 fully saturated rings. The minimum absolute atomic E-state index is 0.322. The van der Waals surface area contributed by atoms with Crippen molar-refractivity contribution in [1.29, 1.82) is 0 Å². The lowest BCUT2D eigenvalue weighted by Gasteiger charge is -2.08. The zero-order valence-electron chi connectivity index (χ0n) is 14.8. The van der Waals surface area contributed by atoms with Gasteiger partial charge in [0.1, 0.15) is 17.4 Å². The number of anilines is 2. The summed E-state index contributed by atoms with van der Waals surface area (Å²) in [5, 5.41) is 13.8. The van der Waals surface area contributed by atoms with Gasteiger partial charge >= 0.3 is 0 Å². The van der Waals surface area contributed by atoms with Crippen molar-refractivity contribution in [2.24, 2.45) is 0 Å². The van der Waals surface area contributed by atoms with Gasteiger partial charge in [-0.25, -0.2) is 4.39 Å². The van der Waals surface area contributed by atoms with Gasteiger partial charge in [-0.2, -0.15) is 0 Å². The van der Waals surface area contributed by atoms with Crippen LogP contribution in [0.4, 0.5) is 16.0 Å². The van der Waals surface area contributed by atoms with Gasteiger partial charge in [-0.3, -0.25) is 4.79 Å². The summed E-state index contributed by atoms with van der Waals surface area (Å²) in [6.07, 6.45) is 0.807. The van der Waals surface area contributed by atoms with E-state index in [1.165, 1.54) is 24.3 Å². The van der Waals surface area contributed by atoms with Gasteiger partial charge in [0.2, 0.25) is 0 Å². The summed E-state index contributed by atoms with van der Waals surface area (Å²) in [5.74, 6) is 0.993. The fraction of sp³-hybridized carbons (Fsp3) is 0.150. The maximum Gasteiger partial charge on any atom is 0.256 e. The molecule has 0 aliphatic heterocycles. The first kappa shape index (κ1) is 18.3. The number of nitrogens with one attached hydrogen (secondary N) is 2. The van der Waals surface area contributed by atoms with Crippen LogP contribution in [0.5, 0.6) is 5.75 Å². The predicted molar refractivity (Wildman–Crippen MR) is 102 cm³/mol. The number of benzene rings is 2. The summed E-state index contributed by atoms with van der Waals surface area (Å²) in [7, 11) is 1.64. The average Bonchev–Trinajstić information content (AvgIpc) is 2.70. The number of methoxy groups -OCH3 is 1. The van der Waals surface area contributed by atoms with Crippen LogP contribution < -0.4 is 15.4 Å². The van der Waals surface area contributed by atoms with E-state index in [0.717, 1.165) is 17.7 Å². The Morgan fingerprint density at radius 3 is 2.48 bits per heavy atom. The van der Waals surface area contributed by atoms with Crippen LogP contribution >= 0.6 is 0 Å². The molecule has 0 unspecified atom stereocenters. The summed E-state index contributed by atoms with van der Waals surface area (Å²) in [6, 6.07) is 16.5. The van der Waals surface area contributed by atoms with E-state index in [9.17, 15) is 9.18 Å². The van der Waals surface area contributed by atoms with Crippen LogP contribution in [0.3, 0.4) is 0 Å². The van der Waals surface area contributed by atoms with Crippen molar-refractivity contribution in [2.45, 2.75) is 6.42 Å². The number of ether oxygens (including phenoxy) is 1. The van der Waals surface area contributed by atoms with Crippen molar-refractivity contribution in [3.63, 3.8) is 0 Å². The summed E-state index contributed by atoms with van der Waals surface area (Å²) < 4.78 is 18.1. The highest BCUT2D eigenvalue weighted by Gasteiger charge is 2.07. The van der Waals surface area contributed by atoms with Crippen LogP contribution in [0.2, 0.25) is 0 Å². The van der Waals surface area contributed by atoms with E-state index in [1.54, 1.807) is 19.2 Å². The molecule has 1 heterocycles. The second-order valence-corrected chi connectivity index (χ2v) is 5.79. The SMILES string of the molecule is COc1cccc(CCNc2ccc(NC(=O)c3ccc(F)cc3)nn2)c1. The van der Waals surface area contributed by atoms with Gasteiger partial charge in [0, 0.05) is 12.1 Å². The van der Waals surface area contributed by atoms with Gasteiger partial charge in [0.15, 0.2) is 5.82 Å². The second-order valence-electron chi connectivity index (χ2n) is 5.79. The predicted octanol–water partition coefficient (Wildman–Crippen LogP) is 3.53. The average molecular weight is 366 g/mol. The van der Waals surface area contributed by atoms with Crippen LogP contribution in [-0.4, -0.2) is 29.8 Å². The number of nitrogens with zero attached hydrogens (tertiary/aromatic N) is 2. The molecule has 138 valence electrons. The summed E-state index contributed by atoms with van der Waals surface area (Å²) in [4.78, 5) is 12.1. The van der Waals surface area contributed by atoms with Crippen molar-refractivity contribution in [1.82, 2.24) is 10.2 Å². The minimum atomic E-state index is -0.393. The molecule has 0 atom stereocenters. The lowest BCUT2D eigenvalue weighted by atomic mass is 10.1. The van der Waals surface area contributed by atoms with Crippen molar-refractivity contribution in [2.75, 3.05) is 24.3 Å². The van der Waals surface area contributed by atoms with Crippen molar-refractivity contribution in [3.8, 4) is 5.75 Å². The highest BCUT2D eigenvalue weighted by atomic mass is 19.1. The zero-order valence-corrected chi connectivity index (χ0v) is 14.8. The van der Waals surface area contributed by atoms with Crippen LogP contribution in [-0.2, 0) is 6.42 Å². The largest absolute Gasteiger partial charge is 0.497 e. The third-order valence-corrected chi connectivity index (χ3v) is 3.87. The van der Waals surface area contributed by atoms with Crippen molar-refractivity contribution >= 4 is 17.5 Å². The Bertz CT molecular complexity index is 899. The molecule has 1 amide bonds. The zero-order chi connectivity index (χ0) is 19.1. The Morgan fingerprint density at radius 2 is 1.78 bits per heavy atom. The molecular formula is C20H19FN4O2. The third kappa shape index (κ3) is 5.24. The molecule has 7 heteroatoms. The van der Waals surface area contributed by atoms with Crippen LogP contribution in [0.25, 0.3) is 0 Å². The molecule has 2 N–H and O–H groups in total. The monoisotopic (exact) mass is 366 g/mol. The van der Waals surface area contributed by atoms with Gasteiger partial charge in [0.05, 0.1) is 7.11 Å². The highest BCUT2D eigenvalue weighted by Crippen LogP contribution is 2.13. The number of hydrogen-bond acceptors (Lipinski definition) is 5. The highest BCUT2D eigenvalue weighted by molar-refractivity contribution is 6.03. The van der Waals surface area contributed by atoms with Crippen LogP contribution in [0.1, 0.15) is 15.9 Å². The number of aromatic nitrogens is 2. The first-order valence-electron chi connectivity index (χ1n) is 8.41. The van der Waals surface area contributed by atoms with Gasteiger partial charge in [-0.05, 0) is 60.5 Å². The number of rotatable bonds is 7. The number of carbonyl (C=O) groups excluding carboxylic acids is 1. The summed E-state index contributed by atoms with van der Waals surface area (Å²) in [5.41, 5.74) is 1.50. The molecule has 0 saturated carbocycles. The normalized spacial score (nSPS) is 10.3. The molecule has 3 rings (SSSR count). The van der Waals surface area contributed by atoms with E-state index in [1.807, 2.05) is 24.3 Å². The Kier molecular flexibility index (Phi) is 5.94. The first-order chi connectivity index (χ1) is 13.1. The molecule has 0 bridgehead atoms. The van der Waals surface area contributed by atoms with Crippen molar-refractivity contribution in [3.05, 3.63) is 77.6 Å². The van der Waals surface area contributed by atoms with E-state index < -0.39 is 5.82 Å². The van der Waals surface area contributed by atoms with Crippen LogP contribution in [0.15, 0.2) is 60.7 Å².